The first-order chi connectivity index (χ1) is 15.6. The molecule has 0 aromatic heterocycles. The lowest BCUT2D eigenvalue weighted by atomic mass is 10.1. The molecule has 1 aliphatic rings. The molecule has 2 aromatic rings. The van der Waals surface area contributed by atoms with Crippen LogP contribution in [0.3, 0.4) is 0 Å². The van der Waals surface area contributed by atoms with Crippen LogP contribution in [0.5, 0.6) is 5.75 Å². The number of nitrogens with one attached hydrogen (secondary N) is 1. The number of piperazine rings is 1. The summed E-state index contributed by atoms with van der Waals surface area (Å²) >= 11 is 6.34. The number of carbonyl (C=O) groups is 2. The van der Waals surface area contributed by atoms with Crippen molar-refractivity contribution in [2.45, 2.75) is 13.8 Å². The normalized spacial score (nSPS) is 14.0. The van der Waals surface area contributed by atoms with Crippen molar-refractivity contribution in [3.63, 3.8) is 0 Å². The highest BCUT2D eigenvalue weighted by Gasteiger charge is 2.30. The number of hydrogen-bond acceptors (Lipinski definition) is 4. The minimum Gasteiger partial charge on any atom is -0.491 e. The van der Waals surface area contributed by atoms with Crippen molar-refractivity contribution in [2.24, 2.45) is 5.92 Å². The molecule has 0 bridgehead atoms. The summed E-state index contributed by atoms with van der Waals surface area (Å²) in [5.74, 6) is -10.1. The van der Waals surface area contributed by atoms with E-state index >= 15 is 0 Å². The number of carbonyl (C=O) groups excluding carboxylic acids is 2. The van der Waals surface area contributed by atoms with Gasteiger partial charge in [0.1, 0.15) is 5.56 Å². The molecule has 1 heterocycles. The highest BCUT2D eigenvalue weighted by Crippen LogP contribution is 2.32. The molecule has 11 heteroatoms. The molecule has 0 aliphatic carbocycles. The lowest BCUT2D eigenvalue weighted by molar-refractivity contribution is -0.134. The Bertz CT molecular complexity index is 1060. The first-order valence-corrected chi connectivity index (χ1v) is 10.5. The molecule has 2 amide bonds. The van der Waals surface area contributed by atoms with Crippen LogP contribution in [0.25, 0.3) is 0 Å². The van der Waals surface area contributed by atoms with E-state index in [2.05, 4.69) is 10.1 Å². The highest BCUT2D eigenvalue weighted by molar-refractivity contribution is 6.33. The molecule has 3 rings (SSSR count). The lowest BCUT2D eigenvalue weighted by Gasteiger charge is -2.37. The van der Waals surface area contributed by atoms with Crippen LogP contribution < -0.4 is 15.0 Å². The van der Waals surface area contributed by atoms with E-state index in [0.29, 0.717) is 31.9 Å². The molecule has 0 atom stereocenters. The maximum Gasteiger partial charge on any atom is 0.261 e. The quantitative estimate of drug-likeness (QED) is 0.499. The van der Waals surface area contributed by atoms with Crippen molar-refractivity contribution in [2.75, 3.05) is 43.5 Å². The largest absolute Gasteiger partial charge is 0.491 e. The summed E-state index contributed by atoms with van der Waals surface area (Å²) in [6, 6.07) is 4.39. The predicted octanol–water partition coefficient (Wildman–Crippen LogP) is 4.46. The second-order valence-electron chi connectivity index (χ2n) is 7.75. The topological polar surface area (TPSA) is 61.9 Å². The Hall–Kier alpha value is -3.01. The molecular formula is C22H22ClF4N3O3. The first kappa shape index (κ1) is 24.6. The molecule has 2 aromatic carbocycles. The zero-order valence-corrected chi connectivity index (χ0v) is 18.9. The van der Waals surface area contributed by atoms with Gasteiger partial charge in [-0.2, -0.15) is 8.78 Å². The van der Waals surface area contributed by atoms with E-state index in [1.54, 1.807) is 11.0 Å². The van der Waals surface area contributed by atoms with Crippen LogP contribution in [0.4, 0.5) is 28.9 Å². The summed E-state index contributed by atoms with van der Waals surface area (Å²) in [6.45, 7) is 5.82. The van der Waals surface area contributed by atoms with Gasteiger partial charge in [0.05, 0.1) is 17.8 Å². The Morgan fingerprint density at radius 1 is 1.00 bits per heavy atom. The van der Waals surface area contributed by atoms with E-state index in [1.807, 2.05) is 18.7 Å². The van der Waals surface area contributed by atoms with Crippen LogP contribution >= 0.6 is 11.6 Å². The Morgan fingerprint density at radius 3 is 2.06 bits per heavy atom. The summed E-state index contributed by atoms with van der Waals surface area (Å²) in [5.41, 5.74) is -0.708. The zero-order chi connectivity index (χ0) is 24.4. The molecule has 178 valence electrons. The Morgan fingerprint density at radius 2 is 1.58 bits per heavy atom. The van der Waals surface area contributed by atoms with Gasteiger partial charge in [0.25, 0.3) is 5.91 Å². The fourth-order valence-electron chi connectivity index (χ4n) is 3.56. The maximum absolute atomic E-state index is 14.2. The number of nitrogens with zero attached hydrogens (tertiary/aromatic N) is 2. The van der Waals surface area contributed by atoms with Crippen LogP contribution in [0.2, 0.25) is 5.02 Å². The molecule has 33 heavy (non-hydrogen) atoms. The molecule has 1 aliphatic heterocycles. The van der Waals surface area contributed by atoms with Gasteiger partial charge in [-0.15, -0.1) is 0 Å². The molecule has 0 radical (unpaired) electrons. The van der Waals surface area contributed by atoms with E-state index in [0.717, 1.165) is 7.11 Å². The number of halogens is 5. The van der Waals surface area contributed by atoms with E-state index in [4.69, 9.17) is 11.6 Å². The highest BCUT2D eigenvalue weighted by atomic mass is 35.5. The number of methoxy groups -OCH3 is 1. The summed E-state index contributed by atoms with van der Waals surface area (Å²) < 4.78 is 60.5. The lowest BCUT2D eigenvalue weighted by Crippen LogP contribution is -2.50. The molecule has 0 saturated carbocycles. The van der Waals surface area contributed by atoms with Gasteiger partial charge < -0.3 is 19.9 Å². The summed E-state index contributed by atoms with van der Waals surface area (Å²) in [4.78, 5) is 28.2. The smallest absolute Gasteiger partial charge is 0.261 e. The average molecular weight is 488 g/mol. The van der Waals surface area contributed by atoms with Gasteiger partial charge in [0.2, 0.25) is 17.5 Å². The van der Waals surface area contributed by atoms with Crippen molar-refractivity contribution in [3.05, 3.63) is 52.1 Å². The number of ether oxygens (including phenoxy) is 1. The Balaban J connectivity index is 1.76. The maximum atomic E-state index is 14.2. The van der Waals surface area contributed by atoms with Gasteiger partial charge in [-0.3, -0.25) is 9.59 Å². The van der Waals surface area contributed by atoms with Crippen molar-refractivity contribution in [1.29, 1.82) is 0 Å². The minimum atomic E-state index is -1.88. The van der Waals surface area contributed by atoms with E-state index in [1.165, 1.54) is 12.1 Å². The predicted molar refractivity (Wildman–Crippen MR) is 116 cm³/mol. The van der Waals surface area contributed by atoms with Gasteiger partial charge in [0.15, 0.2) is 17.4 Å². The number of rotatable bonds is 5. The van der Waals surface area contributed by atoms with Crippen LogP contribution in [-0.4, -0.2) is 50.0 Å². The summed E-state index contributed by atoms with van der Waals surface area (Å²) in [7, 11) is 0.839. The monoisotopic (exact) mass is 487 g/mol. The van der Waals surface area contributed by atoms with Crippen LogP contribution in [0.1, 0.15) is 24.2 Å². The first-order valence-electron chi connectivity index (χ1n) is 10.1. The van der Waals surface area contributed by atoms with Crippen molar-refractivity contribution < 1.29 is 31.9 Å². The van der Waals surface area contributed by atoms with Crippen LogP contribution in [-0.2, 0) is 4.79 Å². The van der Waals surface area contributed by atoms with Crippen LogP contribution in [0.15, 0.2) is 18.2 Å². The molecule has 1 N–H and O–H groups in total. The van der Waals surface area contributed by atoms with Gasteiger partial charge in [0, 0.05) is 37.8 Å². The molecule has 1 fully saturated rings. The van der Waals surface area contributed by atoms with Crippen molar-refractivity contribution >= 4 is 34.8 Å². The third kappa shape index (κ3) is 4.85. The molecule has 0 spiro atoms. The third-order valence-corrected chi connectivity index (χ3v) is 5.59. The number of hydrogen-bond donors (Lipinski definition) is 1. The zero-order valence-electron chi connectivity index (χ0n) is 18.1. The molecule has 1 saturated heterocycles. The third-order valence-electron chi connectivity index (χ3n) is 5.29. The number of anilines is 2. The van der Waals surface area contributed by atoms with E-state index in [-0.39, 0.29) is 22.5 Å². The Kier molecular flexibility index (Phi) is 7.36. The SMILES string of the molecule is COc1c(F)c(F)c(C(=O)Nc2ccc(N3CCN(C(=O)C(C)C)CC3)c(Cl)c2)c(F)c1F. The second-order valence-corrected chi connectivity index (χ2v) is 8.16. The van der Waals surface area contributed by atoms with Crippen molar-refractivity contribution in [3.8, 4) is 5.75 Å². The fourth-order valence-corrected chi connectivity index (χ4v) is 3.86. The summed E-state index contributed by atoms with van der Waals surface area (Å²) in [6.07, 6.45) is 0. The van der Waals surface area contributed by atoms with Gasteiger partial charge in [-0.05, 0) is 18.2 Å². The van der Waals surface area contributed by atoms with E-state index in [9.17, 15) is 27.2 Å². The van der Waals surface area contributed by atoms with Gasteiger partial charge in [-0.1, -0.05) is 25.4 Å². The number of amides is 2. The number of benzene rings is 2. The molecule has 6 nitrogen and oxygen atoms in total. The average Bonchev–Trinajstić information content (AvgIpc) is 2.78. The fraction of sp³-hybridized carbons (Fsp3) is 0.364. The molecular weight excluding hydrogens is 466 g/mol. The second kappa shape index (κ2) is 9.86. The van der Waals surface area contributed by atoms with Gasteiger partial charge in [-0.25, -0.2) is 8.78 Å². The molecule has 0 unspecified atom stereocenters. The standard InChI is InChI=1S/C22H22ClF4N3O3/c1-11(2)22(32)30-8-6-29(7-9-30)14-5-4-12(10-13(14)23)28-21(31)15-16(24)18(26)20(33-3)19(27)17(15)25/h4-5,10-11H,6-9H2,1-3H3,(H,28,31). The van der Waals surface area contributed by atoms with Crippen LogP contribution in [0, 0.1) is 29.2 Å². The summed E-state index contributed by atoms with van der Waals surface area (Å²) in [5, 5.41) is 2.43. The Labute approximate surface area is 193 Å². The minimum absolute atomic E-state index is 0.0674. The van der Waals surface area contributed by atoms with Crippen molar-refractivity contribution in [1.82, 2.24) is 4.90 Å². The van der Waals surface area contributed by atoms with E-state index < -0.39 is 40.5 Å². The van der Waals surface area contributed by atoms with Gasteiger partial charge >= 0.3 is 0 Å².